The number of anilines is 1. The summed E-state index contributed by atoms with van der Waals surface area (Å²) in [5.41, 5.74) is 10.6. The molecule has 104 valence electrons. The summed E-state index contributed by atoms with van der Waals surface area (Å²) in [4.78, 5) is 6.91. The third kappa shape index (κ3) is 3.17. The number of pyridine rings is 1. The van der Waals surface area contributed by atoms with Gasteiger partial charge in [-0.3, -0.25) is 4.98 Å². The van der Waals surface area contributed by atoms with Crippen molar-refractivity contribution in [3.05, 3.63) is 59.4 Å². The quantitative estimate of drug-likeness (QED) is 0.928. The van der Waals surface area contributed by atoms with Crippen molar-refractivity contribution < 1.29 is 0 Å². The van der Waals surface area contributed by atoms with Gasteiger partial charge < -0.3 is 10.6 Å². The first kappa shape index (κ1) is 13.1. The SMILES string of the molecule is Nc1ccc(CCN2CCc3ccccc3CC2)nc1. The van der Waals surface area contributed by atoms with Crippen molar-refractivity contribution >= 4 is 5.69 Å². The minimum atomic E-state index is 0.735. The summed E-state index contributed by atoms with van der Waals surface area (Å²) >= 11 is 0. The summed E-state index contributed by atoms with van der Waals surface area (Å²) in [6, 6.07) is 12.8. The number of nitrogens with zero attached hydrogens (tertiary/aromatic N) is 2. The highest BCUT2D eigenvalue weighted by atomic mass is 15.1. The molecular formula is C17H21N3. The Morgan fingerprint density at radius 1 is 1.00 bits per heavy atom. The molecule has 0 aliphatic carbocycles. The van der Waals surface area contributed by atoms with Crippen LogP contribution in [0.4, 0.5) is 5.69 Å². The van der Waals surface area contributed by atoms with Crippen molar-refractivity contribution in [1.82, 2.24) is 9.88 Å². The van der Waals surface area contributed by atoms with Gasteiger partial charge in [0.15, 0.2) is 0 Å². The normalized spacial score (nSPS) is 15.6. The fourth-order valence-electron chi connectivity index (χ4n) is 2.79. The first-order valence-corrected chi connectivity index (χ1v) is 7.31. The molecule has 3 nitrogen and oxygen atoms in total. The molecule has 0 amide bonds. The van der Waals surface area contributed by atoms with E-state index >= 15 is 0 Å². The number of aromatic nitrogens is 1. The fourth-order valence-corrected chi connectivity index (χ4v) is 2.79. The predicted molar refractivity (Wildman–Crippen MR) is 82.6 cm³/mol. The molecule has 0 radical (unpaired) electrons. The maximum atomic E-state index is 5.66. The molecule has 1 aromatic carbocycles. The van der Waals surface area contributed by atoms with Gasteiger partial charge in [0.2, 0.25) is 0 Å². The standard InChI is InChI=1S/C17H21N3/c18-16-5-6-17(19-13-16)9-12-20-10-7-14-3-1-2-4-15(14)8-11-20/h1-6,13H,7-12,18H2. The highest BCUT2D eigenvalue weighted by molar-refractivity contribution is 5.34. The molecule has 0 spiro atoms. The number of rotatable bonds is 3. The second-order valence-corrected chi connectivity index (χ2v) is 5.44. The first-order chi connectivity index (χ1) is 9.81. The lowest BCUT2D eigenvalue weighted by atomic mass is 10.0. The molecule has 2 N–H and O–H groups in total. The average molecular weight is 267 g/mol. The number of hydrogen-bond acceptors (Lipinski definition) is 3. The molecule has 3 rings (SSSR count). The van der Waals surface area contributed by atoms with Gasteiger partial charge in [0, 0.05) is 31.7 Å². The summed E-state index contributed by atoms with van der Waals surface area (Å²) in [6.07, 6.45) is 5.06. The lowest BCUT2D eigenvalue weighted by molar-refractivity contribution is 0.290. The molecule has 0 bridgehead atoms. The monoisotopic (exact) mass is 267 g/mol. The predicted octanol–water partition coefficient (Wildman–Crippen LogP) is 2.31. The smallest absolute Gasteiger partial charge is 0.0501 e. The lowest BCUT2D eigenvalue weighted by Crippen LogP contribution is -2.28. The van der Waals surface area contributed by atoms with Crippen LogP contribution < -0.4 is 5.73 Å². The molecule has 3 heteroatoms. The van der Waals surface area contributed by atoms with Crippen LogP contribution in [0.25, 0.3) is 0 Å². The zero-order valence-corrected chi connectivity index (χ0v) is 11.8. The highest BCUT2D eigenvalue weighted by Crippen LogP contribution is 2.15. The molecule has 1 aliphatic heterocycles. The van der Waals surface area contributed by atoms with Crippen LogP contribution in [-0.4, -0.2) is 29.5 Å². The van der Waals surface area contributed by atoms with Gasteiger partial charge >= 0.3 is 0 Å². The Morgan fingerprint density at radius 2 is 1.70 bits per heavy atom. The zero-order chi connectivity index (χ0) is 13.8. The van der Waals surface area contributed by atoms with Crippen molar-refractivity contribution in [2.24, 2.45) is 0 Å². The van der Waals surface area contributed by atoms with E-state index in [2.05, 4.69) is 34.1 Å². The Balaban J connectivity index is 1.56. The van der Waals surface area contributed by atoms with Crippen LogP contribution in [0.2, 0.25) is 0 Å². The van der Waals surface area contributed by atoms with Crippen LogP contribution in [-0.2, 0) is 19.3 Å². The molecule has 1 aliphatic rings. The van der Waals surface area contributed by atoms with Gasteiger partial charge in [-0.05, 0) is 36.1 Å². The number of benzene rings is 1. The number of fused-ring (bicyclic) bond motifs is 1. The molecule has 0 unspecified atom stereocenters. The third-order valence-corrected chi connectivity index (χ3v) is 4.04. The van der Waals surface area contributed by atoms with Gasteiger partial charge in [0.05, 0.1) is 11.9 Å². The van der Waals surface area contributed by atoms with E-state index in [1.807, 2.05) is 12.1 Å². The van der Waals surface area contributed by atoms with E-state index in [-0.39, 0.29) is 0 Å². The van der Waals surface area contributed by atoms with E-state index in [1.54, 1.807) is 6.20 Å². The Hall–Kier alpha value is -1.87. The minimum Gasteiger partial charge on any atom is -0.397 e. The van der Waals surface area contributed by atoms with Gasteiger partial charge in [-0.1, -0.05) is 24.3 Å². The van der Waals surface area contributed by atoms with E-state index in [4.69, 9.17) is 5.73 Å². The topological polar surface area (TPSA) is 42.1 Å². The molecule has 0 fully saturated rings. The molecule has 2 heterocycles. The van der Waals surface area contributed by atoms with E-state index in [1.165, 1.54) is 11.1 Å². The van der Waals surface area contributed by atoms with E-state index in [0.717, 1.165) is 50.3 Å². The van der Waals surface area contributed by atoms with Crippen LogP contribution in [0, 0.1) is 0 Å². The fraction of sp³-hybridized carbons (Fsp3) is 0.353. The van der Waals surface area contributed by atoms with E-state index in [0.29, 0.717) is 0 Å². The van der Waals surface area contributed by atoms with Crippen LogP contribution in [0.3, 0.4) is 0 Å². The van der Waals surface area contributed by atoms with Crippen molar-refractivity contribution in [3.63, 3.8) is 0 Å². The second kappa shape index (κ2) is 6.06. The minimum absolute atomic E-state index is 0.735. The molecular weight excluding hydrogens is 246 g/mol. The van der Waals surface area contributed by atoms with Crippen molar-refractivity contribution in [1.29, 1.82) is 0 Å². The molecule has 0 saturated carbocycles. The molecule has 2 aromatic rings. The van der Waals surface area contributed by atoms with Crippen molar-refractivity contribution in [3.8, 4) is 0 Å². The summed E-state index contributed by atoms with van der Waals surface area (Å²) < 4.78 is 0. The summed E-state index contributed by atoms with van der Waals surface area (Å²) in [5, 5.41) is 0. The van der Waals surface area contributed by atoms with E-state index in [9.17, 15) is 0 Å². The summed E-state index contributed by atoms with van der Waals surface area (Å²) in [6.45, 7) is 3.36. The Labute approximate surface area is 120 Å². The van der Waals surface area contributed by atoms with Crippen molar-refractivity contribution in [2.75, 3.05) is 25.4 Å². The summed E-state index contributed by atoms with van der Waals surface area (Å²) in [7, 11) is 0. The lowest BCUT2D eigenvalue weighted by Gasteiger charge is -2.19. The van der Waals surface area contributed by atoms with Gasteiger partial charge in [-0.15, -0.1) is 0 Å². The van der Waals surface area contributed by atoms with Gasteiger partial charge in [-0.25, -0.2) is 0 Å². The Kier molecular flexibility index (Phi) is 3.97. The summed E-state index contributed by atoms with van der Waals surface area (Å²) in [5.74, 6) is 0. The number of hydrogen-bond donors (Lipinski definition) is 1. The van der Waals surface area contributed by atoms with Crippen LogP contribution in [0.5, 0.6) is 0 Å². The van der Waals surface area contributed by atoms with Crippen molar-refractivity contribution in [2.45, 2.75) is 19.3 Å². The maximum absolute atomic E-state index is 5.66. The second-order valence-electron chi connectivity index (χ2n) is 5.44. The Bertz CT molecular complexity index is 536. The van der Waals surface area contributed by atoms with Gasteiger partial charge in [0.1, 0.15) is 0 Å². The number of nitrogens with two attached hydrogens (primary N) is 1. The Morgan fingerprint density at radius 3 is 2.30 bits per heavy atom. The zero-order valence-electron chi connectivity index (χ0n) is 11.8. The average Bonchev–Trinajstić information content (AvgIpc) is 2.69. The molecule has 0 saturated heterocycles. The molecule has 0 atom stereocenters. The molecule has 1 aromatic heterocycles. The first-order valence-electron chi connectivity index (χ1n) is 7.31. The molecule has 20 heavy (non-hydrogen) atoms. The number of nitrogen functional groups attached to an aromatic ring is 1. The van der Waals surface area contributed by atoms with E-state index < -0.39 is 0 Å². The van der Waals surface area contributed by atoms with Crippen LogP contribution >= 0.6 is 0 Å². The third-order valence-electron chi connectivity index (χ3n) is 4.04. The van der Waals surface area contributed by atoms with Crippen LogP contribution in [0.15, 0.2) is 42.6 Å². The van der Waals surface area contributed by atoms with Gasteiger partial charge in [-0.2, -0.15) is 0 Å². The largest absolute Gasteiger partial charge is 0.397 e. The maximum Gasteiger partial charge on any atom is 0.0501 e. The highest BCUT2D eigenvalue weighted by Gasteiger charge is 2.13. The van der Waals surface area contributed by atoms with Crippen LogP contribution in [0.1, 0.15) is 16.8 Å². The van der Waals surface area contributed by atoms with Gasteiger partial charge in [0.25, 0.3) is 0 Å².